The molecule has 0 saturated carbocycles. The molecule has 0 amide bonds. The van der Waals surface area contributed by atoms with Crippen molar-refractivity contribution in [2.24, 2.45) is 4.99 Å². The van der Waals surface area contributed by atoms with E-state index in [-0.39, 0.29) is 0 Å². The third kappa shape index (κ3) is 4.13. The van der Waals surface area contributed by atoms with E-state index in [0.29, 0.717) is 29.6 Å². The zero-order chi connectivity index (χ0) is 21.2. The Morgan fingerprint density at radius 1 is 1.00 bits per heavy atom. The summed E-state index contributed by atoms with van der Waals surface area (Å²) >= 11 is 6.22. The molecule has 0 saturated heterocycles. The van der Waals surface area contributed by atoms with Crippen molar-refractivity contribution in [3.8, 4) is 0 Å². The summed E-state index contributed by atoms with van der Waals surface area (Å²) in [6.07, 6.45) is 6.02. The van der Waals surface area contributed by atoms with Crippen molar-refractivity contribution in [1.82, 2.24) is 9.78 Å². The van der Waals surface area contributed by atoms with Crippen LogP contribution in [0.2, 0.25) is 5.02 Å². The quantitative estimate of drug-likeness (QED) is 0.326. The van der Waals surface area contributed by atoms with E-state index in [1.54, 1.807) is 12.3 Å². The largest absolute Gasteiger partial charge is 0.402 e. The number of rotatable bonds is 5. The van der Waals surface area contributed by atoms with Crippen LogP contribution in [-0.2, 0) is 22.5 Å². The molecular weight excluding hydrogens is 410 g/mol. The number of hydrogen-bond donors (Lipinski definition) is 0. The van der Waals surface area contributed by atoms with Crippen molar-refractivity contribution in [1.29, 1.82) is 0 Å². The van der Waals surface area contributed by atoms with Gasteiger partial charge in [0.1, 0.15) is 5.70 Å². The number of ether oxygens (including phenoxy) is 1. The number of carbonyl (C=O) groups excluding carboxylic acids is 1. The fourth-order valence-corrected chi connectivity index (χ4v) is 3.70. The van der Waals surface area contributed by atoms with E-state index in [4.69, 9.17) is 16.3 Å². The molecule has 1 aliphatic rings. The van der Waals surface area contributed by atoms with Crippen molar-refractivity contribution in [2.75, 3.05) is 0 Å². The van der Waals surface area contributed by atoms with Crippen LogP contribution in [0.5, 0.6) is 0 Å². The second kappa shape index (κ2) is 8.20. The normalized spacial score (nSPS) is 14.8. The van der Waals surface area contributed by atoms with E-state index in [1.165, 1.54) is 0 Å². The lowest BCUT2D eigenvalue weighted by Crippen LogP contribution is -2.05. The summed E-state index contributed by atoms with van der Waals surface area (Å²) in [6, 6.07) is 21.6. The number of aromatic nitrogens is 2. The zero-order valence-electron chi connectivity index (χ0n) is 16.5. The molecule has 0 unspecified atom stereocenters. The van der Waals surface area contributed by atoms with Gasteiger partial charge in [-0.15, -0.1) is 0 Å². The summed E-state index contributed by atoms with van der Waals surface area (Å²) < 4.78 is 7.23. The van der Waals surface area contributed by atoms with Gasteiger partial charge >= 0.3 is 5.97 Å². The summed E-state index contributed by atoms with van der Waals surface area (Å²) in [7, 11) is 0. The molecule has 0 fully saturated rings. The third-order valence-corrected chi connectivity index (χ3v) is 5.49. The minimum absolute atomic E-state index is 0.307. The lowest BCUT2D eigenvalue weighted by molar-refractivity contribution is -0.130. The monoisotopic (exact) mass is 427 g/mol. The number of esters is 1. The van der Waals surface area contributed by atoms with Crippen molar-refractivity contribution >= 4 is 34.2 Å². The van der Waals surface area contributed by atoms with Crippen LogP contribution in [0.1, 0.15) is 16.7 Å². The Bertz CT molecular complexity index is 1350. The van der Waals surface area contributed by atoms with Crippen LogP contribution >= 0.6 is 11.6 Å². The van der Waals surface area contributed by atoms with Crippen LogP contribution < -0.4 is 0 Å². The van der Waals surface area contributed by atoms with E-state index in [0.717, 1.165) is 27.5 Å². The van der Waals surface area contributed by atoms with E-state index in [2.05, 4.69) is 10.1 Å². The van der Waals surface area contributed by atoms with Gasteiger partial charge in [0.25, 0.3) is 0 Å². The molecule has 0 atom stereocenters. The van der Waals surface area contributed by atoms with Crippen LogP contribution in [0.15, 0.2) is 95.9 Å². The van der Waals surface area contributed by atoms with Gasteiger partial charge in [-0.1, -0.05) is 60.1 Å². The van der Waals surface area contributed by atoms with Gasteiger partial charge in [-0.2, -0.15) is 5.10 Å². The summed E-state index contributed by atoms with van der Waals surface area (Å²) in [5.74, 6) is -0.108. The van der Waals surface area contributed by atoms with Gasteiger partial charge in [-0.3, -0.25) is 4.68 Å². The van der Waals surface area contributed by atoms with E-state index in [9.17, 15) is 4.79 Å². The number of benzene rings is 3. The van der Waals surface area contributed by atoms with Gasteiger partial charge in [0.15, 0.2) is 0 Å². The molecule has 152 valence electrons. The molecule has 0 radical (unpaired) electrons. The molecule has 1 aliphatic heterocycles. The Morgan fingerprint density at radius 2 is 1.81 bits per heavy atom. The SMILES string of the molecule is O=C1OC(c2ccc3ccccc3c2)=N/C1=C/Cc1cnn(Cc2ccccc2Cl)c1. The highest BCUT2D eigenvalue weighted by atomic mass is 35.5. The third-order valence-electron chi connectivity index (χ3n) is 5.12. The average molecular weight is 428 g/mol. The molecule has 0 spiro atoms. The van der Waals surface area contributed by atoms with E-state index in [1.807, 2.05) is 77.6 Å². The minimum atomic E-state index is -0.438. The molecule has 5 rings (SSSR count). The number of carbonyl (C=O) groups is 1. The van der Waals surface area contributed by atoms with Crippen molar-refractivity contribution in [3.63, 3.8) is 0 Å². The van der Waals surface area contributed by atoms with Gasteiger partial charge in [0.05, 0.1) is 12.7 Å². The molecule has 6 heteroatoms. The first-order valence-corrected chi connectivity index (χ1v) is 10.3. The number of allylic oxidation sites excluding steroid dienone is 1. The zero-order valence-corrected chi connectivity index (χ0v) is 17.3. The van der Waals surface area contributed by atoms with Crippen LogP contribution in [0.4, 0.5) is 0 Å². The predicted octanol–water partition coefficient (Wildman–Crippen LogP) is 5.17. The van der Waals surface area contributed by atoms with Gasteiger partial charge in [-0.05, 0) is 52.6 Å². The molecule has 4 aromatic rings. The molecule has 31 heavy (non-hydrogen) atoms. The lowest BCUT2D eigenvalue weighted by atomic mass is 10.1. The molecule has 2 heterocycles. The van der Waals surface area contributed by atoms with Gasteiger partial charge in [0, 0.05) is 16.8 Å². The molecule has 3 aromatic carbocycles. The standard InChI is InChI=1S/C25H18ClN3O2/c26-22-8-4-3-7-21(22)16-29-15-17(14-27-29)9-12-23-25(30)31-24(28-23)20-11-10-18-5-1-2-6-19(18)13-20/h1-8,10-15H,9,16H2/b23-12+. The molecule has 0 aliphatic carbocycles. The predicted molar refractivity (Wildman–Crippen MR) is 121 cm³/mol. The van der Waals surface area contributed by atoms with Crippen LogP contribution in [0.25, 0.3) is 10.8 Å². The maximum atomic E-state index is 12.3. The first-order valence-electron chi connectivity index (χ1n) is 9.91. The summed E-state index contributed by atoms with van der Waals surface area (Å²) in [5, 5.41) is 7.30. The Balaban J connectivity index is 1.31. The van der Waals surface area contributed by atoms with E-state index < -0.39 is 5.97 Å². The lowest BCUT2D eigenvalue weighted by Gasteiger charge is -2.03. The molecule has 1 aromatic heterocycles. The highest BCUT2D eigenvalue weighted by Crippen LogP contribution is 2.21. The molecular formula is C25H18ClN3O2. The number of cyclic esters (lactones) is 1. The van der Waals surface area contributed by atoms with Crippen LogP contribution in [-0.4, -0.2) is 21.6 Å². The Labute approximate surface area is 184 Å². The molecule has 5 nitrogen and oxygen atoms in total. The smallest absolute Gasteiger partial charge is 0.363 e. The average Bonchev–Trinajstić information content (AvgIpc) is 3.39. The van der Waals surface area contributed by atoms with Crippen LogP contribution in [0, 0.1) is 0 Å². The van der Waals surface area contributed by atoms with Crippen LogP contribution in [0.3, 0.4) is 0 Å². The van der Waals surface area contributed by atoms with Crippen molar-refractivity contribution < 1.29 is 9.53 Å². The Hall–Kier alpha value is -3.70. The second-order valence-electron chi connectivity index (χ2n) is 7.30. The van der Waals surface area contributed by atoms with Gasteiger partial charge in [-0.25, -0.2) is 9.79 Å². The van der Waals surface area contributed by atoms with Crippen molar-refractivity contribution in [2.45, 2.75) is 13.0 Å². The van der Waals surface area contributed by atoms with Gasteiger partial charge < -0.3 is 4.74 Å². The number of halogens is 1. The number of hydrogen-bond acceptors (Lipinski definition) is 4. The summed E-state index contributed by atoms with van der Waals surface area (Å²) in [5.41, 5.74) is 3.06. The number of fused-ring (bicyclic) bond motifs is 1. The van der Waals surface area contributed by atoms with Gasteiger partial charge in [0.2, 0.25) is 5.90 Å². The summed E-state index contributed by atoms with van der Waals surface area (Å²) in [4.78, 5) is 16.7. The highest BCUT2D eigenvalue weighted by Gasteiger charge is 2.24. The number of aliphatic imine (C=N–C) groups is 1. The Morgan fingerprint density at radius 3 is 2.68 bits per heavy atom. The highest BCUT2D eigenvalue weighted by molar-refractivity contribution is 6.31. The molecule has 0 bridgehead atoms. The first kappa shape index (κ1) is 19.3. The Kier molecular flexibility index (Phi) is 5.10. The fraction of sp³-hybridized carbons (Fsp3) is 0.0800. The first-order chi connectivity index (χ1) is 15.2. The topological polar surface area (TPSA) is 56.5 Å². The maximum Gasteiger partial charge on any atom is 0.363 e. The number of nitrogens with zero attached hydrogens (tertiary/aromatic N) is 3. The second-order valence-corrected chi connectivity index (χ2v) is 7.71. The summed E-state index contributed by atoms with van der Waals surface area (Å²) in [6.45, 7) is 0.586. The fourth-order valence-electron chi connectivity index (χ4n) is 3.51. The van der Waals surface area contributed by atoms with E-state index >= 15 is 0 Å². The molecule has 0 N–H and O–H groups in total. The minimum Gasteiger partial charge on any atom is -0.402 e. The van der Waals surface area contributed by atoms with Crippen molar-refractivity contribution in [3.05, 3.63) is 113 Å². The maximum absolute atomic E-state index is 12.3.